The van der Waals surface area contributed by atoms with Gasteiger partial charge in [0.1, 0.15) is 0 Å². The zero-order valence-electron chi connectivity index (χ0n) is 11.6. The number of nitrogens with zero attached hydrogens (tertiary/aromatic N) is 2. The molecule has 20 heavy (non-hydrogen) atoms. The molecule has 0 aliphatic carbocycles. The zero-order chi connectivity index (χ0) is 14.1. The second-order valence-electron chi connectivity index (χ2n) is 5.53. The molecule has 4 heteroatoms. The van der Waals surface area contributed by atoms with E-state index in [1.807, 2.05) is 42.2 Å². The van der Waals surface area contributed by atoms with E-state index in [1.165, 1.54) is 0 Å². The molecule has 1 saturated heterocycles. The molecule has 2 unspecified atom stereocenters. The molecule has 0 radical (unpaired) electrons. The minimum Gasteiger partial charge on any atom is -0.338 e. The maximum Gasteiger partial charge on any atom is 0.254 e. The molecule has 0 saturated carbocycles. The normalized spacial score (nSPS) is 20.3. The van der Waals surface area contributed by atoms with Crippen molar-refractivity contribution in [1.29, 1.82) is 0 Å². The first-order valence-electron chi connectivity index (χ1n) is 7.05. The second-order valence-corrected chi connectivity index (χ2v) is 5.53. The molecule has 0 bridgehead atoms. The van der Waals surface area contributed by atoms with Crippen LogP contribution in [0.3, 0.4) is 0 Å². The fraction of sp³-hybridized carbons (Fsp3) is 0.375. The van der Waals surface area contributed by atoms with E-state index < -0.39 is 0 Å². The van der Waals surface area contributed by atoms with Crippen LogP contribution >= 0.6 is 0 Å². The van der Waals surface area contributed by atoms with Crippen LogP contribution in [0.1, 0.15) is 23.7 Å². The number of carbonyl (C=O) groups excluding carboxylic acids is 1. The largest absolute Gasteiger partial charge is 0.338 e. The van der Waals surface area contributed by atoms with Crippen LogP contribution in [0.15, 0.2) is 36.5 Å². The van der Waals surface area contributed by atoms with E-state index in [9.17, 15) is 4.79 Å². The number of benzene rings is 1. The molecule has 2 N–H and O–H groups in total. The lowest BCUT2D eigenvalue weighted by Gasteiger charge is -2.19. The number of carbonyl (C=O) groups is 1. The highest BCUT2D eigenvalue weighted by Crippen LogP contribution is 2.23. The van der Waals surface area contributed by atoms with E-state index >= 15 is 0 Å². The number of rotatable bonds is 2. The minimum absolute atomic E-state index is 0.0896. The Morgan fingerprint density at radius 2 is 2.20 bits per heavy atom. The minimum atomic E-state index is 0.0896. The molecular weight excluding hydrogens is 250 g/mol. The molecule has 1 aliphatic rings. The van der Waals surface area contributed by atoms with Crippen molar-refractivity contribution in [2.24, 2.45) is 11.7 Å². The van der Waals surface area contributed by atoms with Gasteiger partial charge in [-0.2, -0.15) is 0 Å². The number of pyridine rings is 1. The Bertz CT molecular complexity index is 633. The van der Waals surface area contributed by atoms with Gasteiger partial charge >= 0.3 is 0 Å². The lowest BCUT2D eigenvalue weighted by atomic mass is 10.0. The van der Waals surface area contributed by atoms with Crippen molar-refractivity contribution in [2.75, 3.05) is 13.1 Å². The van der Waals surface area contributed by atoms with E-state index in [0.29, 0.717) is 5.92 Å². The standard InChI is InChI=1S/C16H19N3O/c1-11(17)12-7-9-19(10-12)16(20)14-6-8-18-15-5-3-2-4-13(14)15/h2-6,8,11-12H,7,9-10,17H2,1H3. The van der Waals surface area contributed by atoms with Gasteiger partial charge in [0.05, 0.1) is 11.1 Å². The molecule has 1 aromatic heterocycles. The Morgan fingerprint density at radius 3 is 2.95 bits per heavy atom. The van der Waals surface area contributed by atoms with Crippen LogP contribution in [0, 0.1) is 5.92 Å². The van der Waals surface area contributed by atoms with Gasteiger partial charge in [0.15, 0.2) is 0 Å². The topological polar surface area (TPSA) is 59.2 Å². The summed E-state index contributed by atoms with van der Waals surface area (Å²) in [6.07, 6.45) is 2.70. The van der Waals surface area contributed by atoms with Crippen LogP contribution in [0.2, 0.25) is 0 Å². The van der Waals surface area contributed by atoms with E-state index in [0.717, 1.165) is 36.0 Å². The van der Waals surface area contributed by atoms with Crippen molar-refractivity contribution >= 4 is 16.8 Å². The summed E-state index contributed by atoms with van der Waals surface area (Å²) in [6.45, 7) is 3.56. The maximum absolute atomic E-state index is 12.7. The summed E-state index contributed by atoms with van der Waals surface area (Å²) in [5.74, 6) is 0.499. The lowest BCUT2D eigenvalue weighted by molar-refractivity contribution is 0.0788. The first-order valence-corrected chi connectivity index (χ1v) is 7.05. The predicted octanol–water partition coefficient (Wildman–Crippen LogP) is 2.04. The van der Waals surface area contributed by atoms with Crippen LogP contribution in [0.5, 0.6) is 0 Å². The number of para-hydroxylation sites is 1. The molecule has 2 aromatic rings. The molecule has 1 fully saturated rings. The van der Waals surface area contributed by atoms with E-state index in [-0.39, 0.29) is 11.9 Å². The van der Waals surface area contributed by atoms with Crippen LogP contribution in [-0.2, 0) is 0 Å². The van der Waals surface area contributed by atoms with Crippen molar-refractivity contribution in [1.82, 2.24) is 9.88 Å². The fourth-order valence-corrected chi connectivity index (χ4v) is 2.85. The van der Waals surface area contributed by atoms with Crippen LogP contribution < -0.4 is 5.73 Å². The highest BCUT2D eigenvalue weighted by atomic mass is 16.2. The number of nitrogens with two attached hydrogens (primary N) is 1. The summed E-state index contributed by atoms with van der Waals surface area (Å²) < 4.78 is 0. The van der Waals surface area contributed by atoms with Gasteiger partial charge < -0.3 is 10.6 Å². The average Bonchev–Trinajstić information content (AvgIpc) is 2.96. The van der Waals surface area contributed by atoms with Gasteiger partial charge in [0.2, 0.25) is 0 Å². The number of aromatic nitrogens is 1. The Hall–Kier alpha value is -1.94. The summed E-state index contributed by atoms with van der Waals surface area (Å²) in [5.41, 5.74) is 7.54. The quantitative estimate of drug-likeness (QED) is 0.907. The molecule has 1 aliphatic heterocycles. The van der Waals surface area contributed by atoms with Gasteiger partial charge in [-0.05, 0) is 31.4 Å². The number of hydrogen-bond donors (Lipinski definition) is 1. The SMILES string of the molecule is CC(N)C1CCN(C(=O)c2ccnc3ccccc23)C1. The summed E-state index contributed by atoms with van der Waals surface area (Å²) >= 11 is 0. The molecule has 4 nitrogen and oxygen atoms in total. The summed E-state index contributed by atoms with van der Waals surface area (Å²) in [6, 6.07) is 9.71. The van der Waals surface area contributed by atoms with Gasteiger partial charge in [-0.15, -0.1) is 0 Å². The molecular formula is C16H19N3O. The van der Waals surface area contributed by atoms with E-state index in [2.05, 4.69) is 4.98 Å². The first-order chi connectivity index (χ1) is 9.66. The summed E-state index contributed by atoms with van der Waals surface area (Å²) in [7, 11) is 0. The Labute approximate surface area is 118 Å². The average molecular weight is 269 g/mol. The Morgan fingerprint density at radius 1 is 1.40 bits per heavy atom. The molecule has 0 spiro atoms. The van der Waals surface area contributed by atoms with Crippen molar-refractivity contribution in [3.63, 3.8) is 0 Å². The highest BCUT2D eigenvalue weighted by molar-refractivity contribution is 6.06. The zero-order valence-corrected chi connectivity index (χ0v) is 11.6. The van der Waals surface area contributed by atoms with Crippen molar-refractivity contribution < 1.29 is 4.79 Å². The number of hydrogen-bond acceptors (Lipinski definition) is 3. The number of amides is 1. The monoisotopic (exact) mass is 269 g/mol. The number of likely N-dealkylation sites (tertiary alicyclic amines) is 1. The highest BCUT2D eigenvalue weighted by Gasteiger charge is 2.29. The third-order valence-corrected chi connectivity index (χ3v) is 4.13. The smallest absolute Gasteiger partial charge is 0.254 e. The van der Waals surface area contributed by atoms with Crippen molar-refractivity contribution in [3.05, 3.63) is 42.1 Å². The van der Waals surface area contributed by atoms with Gasteiger partial charge in [-0.25, -0.2) is 0 Å². The van der Waals surface area contributed by atoms with Gasteiger partial charge in [0.25, 0.3) is 5.91 Å². The molecule has 1 aromatic carbocycles. The van der Waals surface area contributed by atoms with Gasteiger partial charge in [-0.3, -0.25) is 9.78 Å². The van der Waals surface area contributed by atoms with Crippen LogP contribution in [-0.4, -0.2) is 34.9 Å². The van der Waals surface area contributed by atoms with Gasteiger partial charge in [-0.1, -0.05) is 18.2 Å². The van der Waals surface area contributed by atoms with E-state index in [1.54, 1.807) is 6.20 Å². The molecule has 104 valence electrons. The third kappa shape index (κ3) is 2.27. The summed E-state index contributed by atoms with van der Waals surface area (Å²) in [5, 5.41) is 0.921. The lowest BCUT2D eigenvalue weighted by Crippen LogP contribution is -2.33. The van der Waals surface area contributed by atoms with E-state index in [4.69, 9.17) is 5.73 Å². The fourth-order valence-electron chi connectivity index (χ4n) is 2.85. The van der Waals surface area contributed by atoms with Gasteiger partial charge in [0, 0.05) is 30.7 Å². The Kier molecular flexibility index (Phi) is 3.40. The van der Waals surface area contributed by atoms with Crippen LogP contribution in [0.4, 0.5) is 0 Å². The maximum atomic E-state index is 12.7. The molecule has 3 rings (SSSR count). The first kappa shape index (κ1) is 13.1. The van der Waals surface area contributed by atoms with Crippen LogP contribution in [0.25, 0.3) is 10.9 Å². The van der Waals surface area contributed by atoms with Crippen molar-refractivity contribution in [2.45, 2.75) is 19.4 Å². The molecule has 1 amide bonds. The number of fused-ring (bicyclic) bond motifs is 1. The molecule has 2 atom stereocenters. The summed E-state index contributed by atoms with van der Waals surface area (Å²) in [4.78, 5) is 18.9. The van der Waals surface area contributed by atoms with Crippen molar-refractivity contribution in [3.8, 4) is 0 Å². The predicted molar refractivity (Wildman–Crippen MR) is 79.4 cm³/mol. The molecule has 2 heterocycles. The second kappa shape index (κ2) is 5.21. The Balaban J connectivity index is 1.90. The third-order valence-electron chi connectivity index (χ3n) is 4.13.